The van der Waals surface area contributed by atoms with Gasteiger partial charge in [0.25, 0.3) is 0 Å². The lowest BCUT2D eigenvalue weighted by Crippen LogP contribution is -2.04. The summed E-state index contributed by atoms with van der Waals surface area (Å²) < 4.78 is 18.2. The summed E-state index contributed by atoms with van der Waals surface area (Å²) in [4.78, 5) is 17.9. The molecule has 4 aromatic rings. The van der Waals surface area contributed by atoms with Crippen LogP contribution in [0.1, 0.15) is 21.5 Å². The molecule has 0 atom stereocenters. The smallest absolute Gasteiger partial charge is 0.203 e. The van der Waals surface area contributed by atoms with E-state index in [0.717, 1.165) is 16.8 Å². The van der Waals surface area contributed by atoms with Crippen molar-refractivity contribution in [3.8, 4) is 34.1 Å². The van der Waals surface area contributed by atoms with E-state index >= 15 is 0 Å². The topological polar surface area (TPSA) is 62.6 Å². The number of aromatic nitrogens is 2. The lowest BCUT2D eigenvalue weighted by atomic mass is 9.98. The summed E-state index contributed by atoms with van der Waals surface area (Å²) in [5.74, 6) is 1.14. The predicted molar refractivity (Wildman–Crippen MR) is 123 cm³/mol. The molecule has 0 spiro atoms. The van der Waals surface area contributed by atoms with Gasteiger partial charge in [-0.2, -0.15) is 0 Å². The Balaban J connectivity index is 1.87. The van der Waals surface area contributed by atoms with Crippen molar-refractivity contribution in [3.05, 3.63) is 90.0 Å². The van der Waals surface area contributed by atoms with Gasteiger partial charge in [0.2, 0.25) is 5.75 Å². The normalized spacial score (nSPS) is 10.6. The van der Waals surface area contributed by atoms with Crippen LogP contribution in [-0.4, -0.2) is 36.7 Å². The molecule has 0 fully saturated rings. The highest BCUT2D eigenvalue weighted by atomic mass is 16.5. The molecule has 32 heavy (non-hydrogen) atoms. The first-order valence-electron chi connectivity index (χ1n) is 10.1. The number of carbonyl (C=O) groups is 1. The summed E-state index contributed by atoms with van der Waals surface area (Å²) in [5, 5.41) is 0. The lowest BCUT2D eigenvalue weighted by molar-refractivity contribution is 0.103. The molecule has 0 aliphatic rings. The molecule has 0 aliphatic carbocycles. The number of carbonyl (C=O) groups excluding carboxylic acids is 1. The van der Waals surface area contributed by atoms with E-state index in [4.69, 9.17) is 14.2 Å². The Morgan fingerprint density at radius 1 is 0.906 bits per heavy atom. The highest BCUT2D eigenvalue weighted by Crippen LogP contribution is 2.39. The molecule has 0 aliphatic heterocycles. The van der Waals surface area contributed by atoms with E-state index < -0.39 is 0 Å². The largest absolute Gasteiger partial charge is 0.493 e. The van der Waals surface area contributed by atoms with E-state index in [0.29, 0.717) is 28.4 Å². The SMILES string of the molecule is COc1cc(C(=O)c2cn(-c3ccc(C)cc3)cc2-c2cccnc2)cc(OC)c1OC. The van der Waals surface area contributed by atoms with Crippen molar-refractivity contribution in [2.24, 2.45) is 0 Å². The molecule has 2 aromatic heterocycles. The minimum absolute atomic E-state index is 0.158. The molecule has 0 saturated carbocycles. The third-order valence-electron chi connectivity index (χ3n) is 5.30. The summed E-state index contributed by atoms with van der Waals surface area (Å²) in [6.07, 6.45) is 7.26. The van der Waals surface area contributed by atoms with Gasteiger partial charge < -0.3 is 18.8 Å². The third kappa shape index (κ3) is 3.95. The number of pyridine rings is 1. The fraction of sp³-hybridized carbons (Fsp3) is 0.154. The van der Waals surface area contributed by atoms with Crippen molar-refractivity contribution in [2.75, 3.05) is 21.3 Å². The molecule has 2 heterocycles. The lowest BCUT2D eigenvalue weighted by Gasteiger charge is -2.14. The van der Waals surface area contributed by atoms with E-state index in [-0.39, 0.29) is 5.78 Å². The molecule has 162 valence electrons. The summed E-state index contributed by atoms with van der Waals surface area (Å²) >= 11 is 0. The number of nitrogens with zero attached hydrogens (tertiary/aromatic N) is 2. The van der Waals surface area contributed by atoms with Gasteiger partial charge in [-0.05, 0) is 37.3 Å². The summed E-state index contributed by atoms with van der Waals surface area (Å²) in [5.41, 5.74) is 4.76. The maximum absolute atomic E-state index is 13.7. The highest BCUT2D eigenvalue weighted by Gasteiger charge is 2.22. The second-order valence-electron chi connectivity index (χ2n) is 7.31. The van der Waals surface area contributed by atoms with Crippen LogP contribution in [0.15, 0.2) is 73.3 Å². The Labute approximate surface area is 187 Å². The van der Waals surface area contributed by atoms with Crippen LogP contribution in [0.5, 0.6) is 17.2 Å². The van der Waals surface area contributed by atoms with E-state index in [2.05, 4.69) is 4.98 Å². The van der Waals surface area contributed by atoms with E-state index in [1.165, 1.54) is 26.9 Å². The van der Waals surface area contributed by atoms with Crippen molar-refractivity contribution in [3.63, 3.8) is 0 Å². The Kier molecular flexibility index (Phi) is 5.94. The maximum Gasteiger partial charge on any atom is 0.203 e. The molecular weight excluding hydrogens is 404 g/mol. The standard InChI is InChI=1S/C26H24N2O4/c1-17-7-9-20(10-8-17)28-15-21(18-6-5-11-27-14-18)22(16-28)25(29)19-12-23(30-2)26(32-4)24(13-19)31-3/h5-16H,1-4H3. The van der Waals surface area contributed by atoms with Crippen molar-refractivity contribution in [1.29, 1.82) is 0 Å². The van der Waals surface area contributed by atoms with Crippen LogP contribution in [0.4, 0.5) is 0 Å². The molecule has 0 saturated heterocycles. The number of rotatable bonds is 7. The van der Waals surface area contributed by atoms with E-state index in [9.17, 15) is 4.79 Å². The molecule has 4 rings (SSSR count). The van der Waals surface area contributed by atoms with Crippen LogP contribution in [0.2, 0.25) is 0 Å². The van der Waals surface area contributed by atoms with Crippen LogP contribution >= 0.6 is 0 Å². The van der Waals surface area contributed by atoms with Gasteiger partial charge >= 0.3 is 0 Å². The van der Waals surface area contributed by atoms with Gasteiger partial charge in [-0.1, -0.05) is 23.8 Å². The van der Waals surface area contributed by atoms with Gasteiger partial charge in [0, 0.05) is 52.7 Å². The first-order valence-corrected chi connectivity index (χ1v) is 10.1. The van der Waals surface area contributed by atoms with Crippen molar-refractivity contribution < 1.29 is 19.0 Å². The van der Waals surface area contributed by atoms with E-state index in [1.807, 2.05) is 60.3 Å². The second-order valence-corrected chi connectivity index (χ2v) is 7.31. The quantitative estimate of drug-likeness (QED) is 0.383. The first kappa shape index (κ1) is 21.2. The molecular formula is C26H24N2O4. The van der Waals surface area contributed by atoms with Crippen molar-refractivity contribution in [1.82, 2.24) is 9.55 Å². The number of aryl methyl sites for hydroxylation is 1. The van der Waals surface area contributed by atoms with Gasteiger partial charge in [0.15, 0.2) is 17.3 Å². The molecule has 0 radical (unpaired) electrons. The monoisotopic (exact) mass is 428 g/mol. The Bertz CT molecular complexity index is 1220. The van der Waals surface area contributed by atoms with Crippen molar-refractivity contribution >= 4 is 5.78 Å². The zero-order valence-electron chi connectivity index (χ0n) is 18.5. The van der Waals surface area contributed by atoms with Crippen LogP contribution in [-0.2, 0) is 0 Å². The minimum atomic E-state index is -0.158. The number of hydrogen-bond acceptors (Lipinski definition) is 5. The summed E-state index contributed by atoms with van der Waals surface area (Å²) in [6.45, 7) is 2.04. The number of methoxy groups -OCH3 is 3. The fourth-order valence-corrected chi connectivity index (χ4v) is 3.62. The average molecular weight is 428 g/mol. The van der Waals surface area contributed by atoms with Crippen LogP contribution in [0.25, 0.3) is 16.8 Å². The van der Waals surface area contributed by atoms with Crippen LogP contribution in [0.3, 0.4) is 0 Å². The second kappa shape index (κ2) is 8.98. The van der Waals surface area contributed by atoms with Gasteiger partial charge in [0.1, 0.15) is 0 Å². The Hall–Kier alpha value is -4.06. The third-order valence-corrected chi connectivity index (χ3v) is 5.30. The van der Waals surface area contributed by atoms with Gasteiger partial charge in [0.05, 0.1) is 21.3 Å². The first-order chi connectivity index (χ1) is 15.5. The Morgan fingerprint density at radius 2 is 1.59 bits per heavy atom. The minimum Gasteiger partial charge on any atom is -0.493 e. The zero-order chi connectivity index (χ0) is 22.7. The van der Waals surface area contributed by atoms with Gasteiger partial charge in [-0.25, -0.2) is 0 Å². The highest BCUT2D eigenvalue weighted by molar-refractivity contribution is 6.13. The number of benzene rings is 2. The molecule has 0 amide bonds. The molecule has 6 heteroatoms. The summed E-state index contributed by atoms with van der Waals surface area (Å²) in [6, 6.07) is 15.3. The number of hydrogen-bond donors (Lipinski definition) is 0. The van der Waals surface area contributed by atoms with Crippen LogP contribution in [0, 0.1) is 6.92 Å². The van der Waals surface area contributed by atoms with Crippen molar-refractivity contribution in [2.45, 2.75) is 6.92 Å². The predicted octanol–water partition coefficient (Wildman–Crippen LogP) is 5.10. The molecule has 0 N–H and O–H groups in total. The fourth-order valence-electron chi connectivity index (χ4n) is 3.62. The summed E-state index contributed by atoms with van der Waals surface area (Å²) in [7, 11) is 4.59. The van der Waals surface area contributed by atoms with Crippen LogP contribution < -0.4 is 14.2 Å². The zero-order valence-corrected chi connectivity index (χ0v) is 18.5. The molecule has 0 unspecified atom stereocenters. The Morgan fingerprint density at radius 3 is 2.16 bits per heavy atom. The van der Waals surface area contributed by atoms with Gasteiger partial charge in [-0.3, -0.25) is 9.78 Å². The average Bonchev–Trinajstić information content (AvgIpc) is 3.29. The maximum atomic E-state index is 13.7. The number of ether oxygens (including phenoxy) is 3. The van der Waals surface area contributed by atoms with E-state index in [1.54, 1.807) is 24.5 Å². The van der Waals surface area contributed by atoms with Gasteiger partial charge in [-0.15, -0.1) is 0 Å². The molecule has 2 aromatic carbocycles. The molecule has 6 nitrogen and oxygen atoms in total. The molecule has 0 bridgehead atoms. The number of ketones is 1.